The lowest BCUT2D eigenvalue weighted by atomic mass is 10.1. The van der Waals surface area contributed by atoms with E-state index in [-0.39, 0.29) is 0 Å². The molecule has 3 nitrogen and oxygen atoms in total. The average molecular weight is 219 g/mol. The van der Waals surface area contributed by atoms with Crippen LogP contribution in [0.3, 0.4) is 0 Å². The fourth-order valence-corrected chi connectivity index (χ4v) is 1.28. The minimum atomic E-state index is 0.522. The summed E-state index contributed by atoms with van der Waals surface area (Å²) in [6.07, 6.45) is 0.697. The Balaban J connectivity index is 2.71. The van der Waals surface area contributed by atoms with E-state index >= 15 is 0 Å². The van der Waals surface area contributed by atoms with Gasteiger partial charge in [0, 0.05) is 0 Å². The highest BCUT2D eigenvalue weighted by molar-refractivity contribution is 6.00. The Labute approximate surface area is 96.1 Å². The van der Waals surface area contributed by atoms with Crippen LogP contribution >= 0.6 is 0 Å². The number of hydrogen-bond acceptors (Lipinski definition) is 3. The van der Waals surface area contributed by atoms with Crippen LogP contribution < -0.4 is 4.74 Å². The fraction of sp³-hybridized carbons (Fsp3) is 0.308. The monoisotopic (exact) mass is 219 g/mol. The molecule has 1 rings (SSSR count). The van der Waals surface area contributed by atoms with Crippen molar-refractivity contribution in [2.45, 2.75) is 20.3 Å². The van der Waals surface area contributed by atoms with Crippen molar-refractivity contribution in [3.63, 3.8) is 0 Å². The third-order valence-electron chi connectivity index (χ3n) is 2.13. The molecule has 0 amide bonds. The first-order valence-electron chi connectivity index (χ1n) is 5.26. The minimum absolute atomic E-state index is 0.522. The average Bonchev–Trinajstić information content (AvgIpc) is 2.29. The SMILES string of the molecule is C=C(C)COc1ccc(/C(CC)=N/O)cc1. The van der Waals surface area contributed by atoms with E-state index in [2.05, 4.69) is 11.7 Å². The summed E-state index contributed by atoms with van der Waals surface area (Å²) in [5.74, 6) is 0.792. The van der Waals surface area contributed by atoms with Gasteiger partial charge in [-0.2, -0.15) is 0 Å². The van der Waals surface area contributed by atoms with E-state index in [1.165, 1.54) is 0 Å². The van der Waals surface area contributed by atoms with Gasteiger partial charge < -0.3 is 9.94 Å². The van der Waals surface area contributed by atoms with Crippen molar-refractivity contribution in [3.05, 3.63) is 42.0 Å². The van der Waals surface area contributed by atoms with E-state index in [0.717, 1.165) is 16.9 Å². The standard InChI is InChI=1S/C13H17NO2/c1-4-13(14-15)11-5-7-12(8-6-11)16-9-10(2)3/h5-8,15H,2,4,9H2,1,3H3/b14-13+. The van der Waals surface area contributed by atoms with Crippen LogP contribution in [0.2, 0.25) is 0 Å². The van der Waals surface area contributed by atoms with Crippen molar-refractivity contribution in [1.82, 2.24) is 0 Å². The maximum Gasteiger partial charge on any atom is 0.119 e. The number of oxime groups is 1. The number of rotatable bonds is 5. The quantitative estimate of drug-likeness (QED) is 0.357. The van der Waals surface area contributed by atoms with Crippen molar-refractivity contribution >= 4 is 5.71 Å². The van der Waals surface area contributed by atoms with Gasteiger partial charge in [-0.3, -0.25) is 0 Å². The van der Waals surface area contributed by atoms with Crippen molar-refractivity contribution in [2.24, 2.45) is 5.16 Å². The summed E-state index contributed by atoms with van der Waals surface area (Å²) in [5, 5.41) is 12.0. The van der Waals surface area contributed by atoms with Crippen LogP contribution in [0.5, 0.6) is 5.75 Å². The molecule has 16 heavy (non-hydrogen) atoms. The van der Waals surface area contributed by atoms with Gasteiger partial charge in [0.05, 0.1) is 5.71 Å². The van der Waals surface area contributed by atoms with Gasteiger partial charge >= 0.3 is 0 Å². The van der Waals surface area contributed by atoms with Crippen LogP contribution in [0.25, 0.3) is 0 Å². The van der Waals surface area contributed by atoms with Gasteiger partial charge in [0.15, 0.2) is 0 Å². The Hall–Kier alpha value is -1.77. The van der Waals surface area contributed by atoms with Crippen molar-refractivity contribution in [1.29, 1.82) is 0 Å². The summed E-state index contributed by atoms with van der Waals surface area (Å²) in [5.41, 5.74) is 2.56. The fourth-order valence-electron chi connectivity index (χ4n) is 1.28. The second-order valence-electron chi connectivity index (χ2n) is 3.67. The number of ether oxygens (including phenoxy) is 1. The molecule has 0 aliphatic rings. The zero-order chi connectivity index (χ0) is 12.0. The highest BCUT2D eigenvalue weighted by atomic mass is 16.5. The molecule has 0 unspecified atom stereocenters. The van der Waals surface area contributed by atoms with Gasteiger partial charge in [-0.05, 0) is 48.7 Å². The first-order chi connectivity index (χ1) is 7.67. The molecule has 86 valence electrons. The van der Waals surface area contributed by atoms with Crippen LogP contribution in [0.4, 0.5) is 0 Å². The van der Waals surface area contributed by atoms with Gasteiger partial charge in [-0.25, -0.2) is 0 Å². The van der Waals surface area contributed by atoms with Crippen molar-refractivity contribution < 1.29 is 9.94 Å². The third kappa shape index (κ3) is 3.42. The molecule has 1 aromatic rings. The lowest BCUT2D eigenvalue weighted by Crippen LogP contribution is -2.00. The minimum Gasteiger partial charge on any atom is -0.489 e. The van der Waals surface area contributed by atoms with E-state index in [0.29, 0.717) is 18.7 Å². The molecular weight excluding hydrogens is 202 g/mol. The molecule has 0 heterocycles. The summed E-state index contributed by atoms with van der Waals surface area (Å²) in [7, 11) is 0. The molecule has 3 heteroatoms. The van der Waals surface area contributed by atoms with E-state index in [1.54, 1.807) is 0 Å². The molecule has 0 saturated heterocycles. The van der Waals surface area contributed by atoms with Crippen LogP contribution in [-0.2, 0) is 0 Å². The number of hydrogen-bond donors (Lipinski definition) is 1. The van der Waals surface area contributed by atoms with Gasteiger partial charge in [-0.1, -0.05) is 18.7 Å². The van der Waals surface area contributed by atoms with Crippen molar-refractivity contribution in [2.75, 3.05) is 6.61 Å². The first-order valence-corrected chi connectivity index (χ1v) is 5.26. The number of nitrogens with zero attached hydrogens (tertiary/aromatic N) is 1. The second kappa shape index (κ2) is 5.95. The van der Waals surface area contributed by atoms with E-state index in [4.69, 9.17) is 9.94 Å². The molecule has 0 fully saturated rings. The Morgan fingerprint density at radius 2 is 2.00 bits per heavy atom. The third-order valence-corrected chi connectivity index (χ3v) is 2.13. The topological polar surface area (TPSA) is 41.8 Å². The molecule has 0 spiro atoms. The summed E-state index contributed by atoms with van der Waals surface area (Å²) < 4.78 is 5.47. The molecule has 1 N–H and O–H groups in total. The summed E-state index contributed by atoms with van der Waals surface area (Å²) in [4.78, 5) is 0. The highest BCUT2D eigenvalue weighted by Gasteiger charge is 2.01. The largest absolute Gasteiger partial charge is 0.489 e. The highest BCUT2D eigenvalue weighted by Crippen LogP contribution is 2.14. The summed E-state index contributed by atoms with van der Waals surface area (Å²) in [6, 6.07) is 7.48. The Morgan fingerprint density at radius 1 is 1.38 bits per heavy atom. The van der Waals surface area contributed by atoms with Gasteiger partial charge in [-0.15, -0.1) is 0 Å². The van der Waals surface area contributed by atoms with E-state index < -0.39 is 0 Å². The molecule has 0 radical (unpaired) electrons. The summed E-state index contributed by atoms with van der Waals surface area (Å²) >= 11 is 0. The maximum atomic E-state index is 8.77. The van der Waals surface area contributed by atoms with E-state index in [1.807, 2.05) is 38.1 Å². The molecule has 0 aliphatic heterocycles. The zero-order valence-corrected chi connectivity index (χ0v) is 9.73. The van der Waals surface area contributed by atoms with Gasteiger partial charge in [0.2, 0.25) is 0 Å². The molecule has 0 saturated carbocycles. The van der Waals surface area contributed by atoms with Crippen LogP contribution in [0, 0.1) is 0 Å². The lowest BCUT2D eigenvalue weighted by Gasteiger charge is -2.07. The molecule has 0 atom stereocenters. The van der Waals surface area contributed by atoms with Crippen LogP contribution in [0.15, 0.2) is 41.6 Å². The first kappa shape index (κ1) is 12.3. The zero-order valence-electron chi connectivity index (χ0n) is 9.73. The normalized spacial score (nSPS) is 11.2. The lowest BCUT2D eigenvalue weighted by molar-refractivity contribution is 0.318. The van der Waals surface area contributed by atoms with Gasteiger partial charge in [0.25, 0.3) is 0 Å². The Bertz CT molecular complexity index is 379. The molecular formula is C13H17NO2. The molecule has 0 bridgehead atoms. The molecule has 0 aromatic heterocycles. The number of benzene rings is 1. The van der Waals surface area contributed by atoms with Crippen LogP contribution in [0.1, 0.15) is 25.8 Å². The van der Waals surface area contributed by atoms with Gasteiger partial charge in [0.1, 0.15) is 12.4 Å². The second-order valence-corrected chi connectivity index (χ2v) is 3.67. The van der Waals surface area contributed by atoms with Crippen molar-refractivity contribution in [3.8, 4) is 5.75 Å². The molecule has 1 aromatic carbocycles. The predicted octanol–water partition coefficient (Wildman–Crippen LogP) is 3.23. The smallest absolute Gasteiger partial charge is 0.119 e. The maximum absolute atomic E-state index is 8.77. The van der Waals surface area contributed by atoms with E-state index in [9.17, 15) is 0 Å². The van der Waals surface area contributed by atoms with Crippen LogP contribution in [-0.4, -0.2) is 17.5 Å². The Kier molecular flexibility index (Phi) is 4.58. The predicted molar refractivity (Wildman–Crippen MR) is 65.4 cm³/mol. The Morgan fingerprint density at radius 3 is 2.44 bits per heavy atom. The molecule has 0 aliphatic carbocycles. The summed E-state index contributed by atoms with van der Waals surface area (Å²) in [6.45, 7) is 8.15.